The molecule has 0 bridgehead atoms. The first-order valence-electron chi connectivity index (χ1n) is 6.27. The van der Waals surface area contributed by atoms with Crippen molar-refractivity contribution in [3.63, 3.8) is 0 Å². The zero-order valence-corrected chi connectivity index (χ0v) is 10.0. The number of hydrogen-bond donors (Lipinski definition) is 1. The van der Waals surface area contributed by atoms with E-state index in [4.69, 9.17) is 5.11 Å². The maximum absolute atomic E-state index is 11.9. The summed E-state index contributed by atoms with van der Waals surface area (Å²) in [7, 11) is 0. The lowest BCUT2D eigenvalue weighted by atomic mass is 10.1. The summed E-state index contributed by atoms with van der Waals surface area (Å²) in [5.74, 6) is -1.42. The molecule has 0 aromatic heterocycles. The molecule has 1 N–H and O–H groups in total. The third kappa shape index (κ3) is 1.68. The second kappa shape index (κ2) is 4.12. The van der Waals surface area contributed by atoms with Crippen molar-refractivity contribution in [3.05, 3.63) is 35.4 Å². The summed E-state index contributed by atoms with van der Waals surface area (Å²) < 4.78 is 0. The predicted octanol–water partition coefficient (Wildman–Crippen LogP) is 1.61. The van der Waals surface area contributed by atoms with Gasteiger partial charge < -0.3 is 10.0 Å². The molecule has 1 aliphatic heterocycles. The van der Waals surface area contributed by atoms with Gasteiger partial charge in [0.1, 0.15) is 0 Å². The molecule has 1 aliphatic carbocycles. The van der Waals surface area contributed by atoms with Gasteiger partial charge >= 0.3 is 5.97 Å². The van der Waals surface area contributed by atoms with Gasteiger partial charge in [-0.1, -0.05) is 24.3 Å². The van der Waals surface area contributed by atoms with E-state index >= 15 is 0 Å². The van der Waals surface area contributed by atoms with E-state index in [1.54, 1.807) is 4.90 Å². The summed E-state index contributed by atoms with van der Waals surface area (Å²) >= 11 is 0. The van der Waals surface area contributed by atoms with Gasteiger partial charge in [-0.3, -0.25) is 9.59 Å². The molecule has 1 heterocycles. The standard InChI is InChI=1S/C14H15NO3/c16-13-7-10(14(17)18)8-15(13)12-6-5-9-3-1-2-4-11(9)12/h1-4,10,12H,5-8H2,(H,17,18). The minimum atomic E-state index is -0.864. The average Bonchev–Trinajstić information content (AvgIpc) is 2.92. The van der Waals surface area contributed by atoms with Crippen LogP contribution < -0.4 is 0 Å². The minimum absolute atomic E-state index is 0.0240. The van der Waals surface area contributed by atoms with Crippen molar-refractivity contribution in [3.8, 4) is 0 Å². The molecule has 1 amide bonds. The number of carboxylic acid groups (broad SMARTS) is 1. The average molecular weight is 245 g/mol. The molecular formula is C14H15NO3. The summed E-state index contributed by atoms with van der Waals surface area (Å²) in [5.41, 5.74) is 2.48. The van der Waals surface area contributed by atoms with E-state index in [-0.39, 0.29) is 18.4 Å². The van der Waals surface area contributed by atoms with Gasteiger partial charge in [0.25, 0.3) is 0 Å². The molecule has 2 aliphatic rings. The Morgan fingerprint density at radius 3 is 2.83 bits per heavy atom. The maximum atomic E-state index is 11.9. The van der Waals surface area contributed by atoms with E-state index in [9.17, 15) is 9.59 Å². The van der Waals surface area contributed by atoms with Crippen LogP contribution in [0.5, 0.6) is 0 Å². The molecule has 0 saturated carbocycles. The van der Waals surface area contributed by atoms with Gasteiger partial charge in [-0.15, -0.1) is 0 Å². The Bertz CT molecular complexity index is 512. The highest BCUT2D eigenvalue weighted by molar-refractivity contribution is 5.86. The minimum Gasteiger partial charge on any atom is -0.481 e. The Balaban J connectivity index is 1.85. The van der Waals surface area contributed by atoms with Crippen LogP contribution in [0.2, 0.25) is 0 Å². The van der Waals surface area contributed by atoms with Crippen LogP contribution in [-0.4, -0.2) is 28.4 Å². The zero-order valence-electron chi connectivity index (χ0n) is 10.0. The van der Waals surface area contributed by atoms with Gasteiger partial charge in [0.15, 0.2) is 0 Å². The quantitative estimate of drug-likeness (QED) is 0.861. The Hall–Kier alpha value is -1.84. The maximum Gasteiger partial charge on any atom is 0.308 e. The van der Waals surface area contributed by atoms with Crippen LogP contribution in [-0.2, 0) is 16.0 Å². The summed E-state index contributed by atoms with van der Waals surface area (Å²) in [6.45, 7) is 0.354. The highest BCUT2D eigenvalue weighted by Crippen LogP contribution is 2.38. The number of likely N-dealkylation sites (tertiary alicyclic amines) is 1. The molecular weight excluding hydrogens is 230 g/mol. The van der Waals surface area contributed by atoms with Crippen molar-refractivity contribution in [2.45, 2.75) is 25.3 Å². The molecule has 1 saturated heterocycles. The highest BCUT2D eigenvalue weighted by atomic mass is 16.4. The molecule has 2 unspecified atom stereocenters. The van der Waals surface area contributed by atoms with Crippen LogP contribution in [0.15, 0.2) is 24.3 Å². The smallest absolute Gasteiger partial charge is 0.308 e. The molecule has 1 fully saturated rings. The Morgan fingerprint density at radius 2 is 2.11 bits per heavy atom. The lowest BCUT2D eigenvalue weighted by molar-refractivity contribution is -0.141. The predicted molar refractivity (Wildman–Crippen MR) is 65.0 cm³/mol. The molecule has 1 aromatic rings. The van der Waals surface area contributed by atoms with Crippen molar-refractivity contribution in [1.82, 2.24) is 4.90 Å². The lowest BCUT2D eigenvalue weighted by Gasteiger charge is -2.25. The van der Waals surface area contributed by atoms with E-state index in [1.165, 1.54) is 11.1 Å². The van der Waals surface area contributed by atoms with Crippen LogP contribution in [0.1, 0.15) is 30.0 Å². The third-order valence-corrected chi connectivity index (χ3v) is 3.99. The first-order valence-corrected chi connectivity index (χ1v) is 6.27. The molecule has 0 spiro atoms. The fourth-order valence-electron chi connectivity index (χ4n) is 3.06. The number of benzene rings is 1. The lowest BCUT2D eigenvalue weighted by Crippen LogP contribution is -2.29. The summed E-state index contributed by atoms with van der Waals surface area (Å²) in [6.07, 6.45) is 2.04. The Kier molecular flexibility index (Phi) is 2.58. The summed E-state index contributed by atoms with van der Waals surface area (Å²) in [5, 5.41) is 9.01. The van der Waals surface area contributed by atoms with E-state index in [1.807, 2.05) is 18.2 Å². The number of amides is 1. The number of aryl methyl sites for hydroxylation is 1. The van der Waals surface area contributed by atoms with Crippen molar-refractivity contribution < 1.29 is 14.7 Å². The zero-order chi connectivity index (χ0) is 12.7. The first-order chi connectivity index (χ1) is 8.66. The molecule has 18 heavy (non-hydrogen) atoms. The monoisotopic (exact) mass is 245 g/mol. The van der Waals surface area contributed by atoms with Gasteiger partial charge in [-0.25, -0.2) is 0 Å². The van der Waals surface area contributed by atoms with Gasteiger partial charge in [-0.05, 0) is 24.0 Å². The van der Waals surface area contributed by atoms with Crippen LogP contribution in [0.25, 0.3) is 0 Å². The number of carboxylic acids is 1. The molecule has 4 heteroatoms. The van der Waals surface area contributed by atoms with E-state index < -0.39 is 11.9 Å². The van der Waals surface area contributed by atoms with Crippen molar-refractivity contribution in [1.29, 1.82) is 0 Å². The number of carbonyl (C=O) groups is 2. The van der Waals surface area contributed by atoms with Crippen LogP contribution in [0.4, 0.5) is 0 Å². The van der Waals surface area contributed by atoms with Crippen LogP contribution in [0.3, 0.4) is 0 Å². The summed E-state index contributed by atoms with van der Waals surface area (Å²) in [6, 6.07) is 8.20. The Morgan fingerprint density at radius 1 is 1.33 bits per heavy atom. The molecule has 1 aromatic carbocycles. The number of rotatable bonds is 2. The largest absolute Gasteiger partial charge is 0.481 e. The van der Waals surface area contributed by atoms with E-state index in [0.717, 1.165) is 12.8 Å². The first kappa shape index (κ1) is 11.3. The second-order valence-corrected chi connectivity index (χ2v) is 5.04. The normalized spacial score (nSPS) is 26.4. The topological polar surface area (TPSA) is 57.6 Å². The van der Waals surface area contributed by atoms with Crippen molar-refractivity contribution in [2.24, 2.45) is 5.92 Å². The highest BCUT2D eigenvalue weighted by Gasteiger charge is 2.40. The Labute approximate surface area is 105 Å². The van der Waals surface area contributed by atoms with E-state index in [0.29, 0.717) is 6.54 Å². The van der Waals surface area contributed by atoms with Gasteiger partial charge in [0, 0.05) is 13.0 Å². The number of nitrogens with zero attached hydrogens (tertiary/aromatic N) is 1. The number of fused-ring (bicyclic) bond motifs is 1. The molecule has 94 valence electrons. The van der Waals surface area contributed by atoms with Crippen LogP contribution in [0, 0.1) is 5.92 Å². The second-order valence-electron chi connectivity index (χ2n) is 5.04. The number of hydrogen-bond acceptors (Lipinski definition) is 2. The van der Waals surface area contributed by atoms with Gasteiger partial charge in [-0.2, -0.15) is 0 Å². The fourth-order valence-corrected chi connectivity index (χ4v) is 3.06. The number of carbonyl (C=O) groups excluding carboxylic acids is 1. The van der Waals surface area contributed by atoms with E-state index in [2.05, 4.69) is 6.07 Å². The van der Waals surface area contributed by atoms with Crippen LogP contribution >= 0.6 is 0 Å². The fraction of sp³-hybridized carbons (Fsp3) is 0.429. The van der Waals surface area contributed by atoms with Gasteiger partial charge in [0.05, 0.1) is 12.0 Å². The molecule has 2 atom stereocenters. The molecule has 4 nitrogen and oxygen atoms in total. The summed E-state index contributed by atoms with van der Waals surface area (Å²) in [4.78, 5) is 24.7. The third-order valence-electron chi connectivity index (χ3n) is 3.99. The molecule has 0 radical (unpaired) electrons. The van der Waals surface area contributed by atoms with Crippen molar-refractivity contribution >= 4 is 11.9 Å². The van der Waals surface area contributed by atoms with Crippen molar-refractivity contribution in [2.75, 3.05) is 6.54 Å². The number of aliphatic carboxylic acids is 1. The van der Waals surface area contributed by atoms with Gasteiger partial charge in [0.2, 0.25) is 5.91 Å². The SMILES string of the molecule is O=C(O)C1CC(=O)N(C2CCc3ccccc32)C1. The molecule has 3 rings (SSSR count).